The fourth-order valence-electron chi connectivity index (χ4n) is 2.35. The average molecular weight is 264 g/mol. The lowest BCUT2D eigenvalue weighted by Gasteiger charge is -2.20. The minimum Gasteiger partial charge on any atom is -0.347 e. The summed E-state index contributed by atoms with van der Waals surface area (Å²) in [5, 5.41) is 9.37. The molecule has 2 N–H and O–H groups in total. The number of carbonyl (C=O) groups excluding carboxylic acids is 2. The maximum atomic E-state index is 11.8. The normalized spacial score (nSPS) is 16.1. The van der Waals surface area contributed by atoms with Gasteiger partial charge < -0.3 is 10.6 Å². The number of aryl methyl sites for hydroxylation is 1. The number of anilines is 1. The first-order valence-corrected chi connectivity index (χ1v) is 6.72. The summed E-state index contributed by atoms with van der Waals surface area (Å²) in [6.07, 6.45) is 7.05. The Balaban J connectivity index is 1.72. The molecule has 0 aliphatic heterocycles. The first-order chi connectivity index (χ1) is 9.15. The molecule has 0 atom stereocenters. The fraction of sp³-hybridized carbons (Fsp3) is 0.615. The van der Waals surface area contributed by atoms with Gasteiger partial charge in [0.2, 0.25) is 11.8 Å². The minimum atomic E-state index is -0.247. The Morgan fingerprint density at radius 2 is 2.11 bits per heavy atom. The van der Waals surface area contributed by atoms with E-state index in [1.807, 2.05) is 0 Å². The van der Waals surface area contributed by atoms with E-state index in [4.69, 9.17) is 0 Å². The molecule has 1 saturated carbocycles. The zero-order valence-corrected chi connectivity index (χ0v) is 11.2. The molecule has 19 heavy (non-hydrogen) atoms. The molecule has 2 rings (SSSR count). The molecule has 6 heteroatoms. The van der Waals surface area contributed by atoms with Crippen molar-refractivity contribution < 1.29 is 9.59 Å². The van der Waals surface area contributed by atoms with Crippen LogP contribution in [0.15, 0.2) is 12.3 Å². The molecule has 2 amide bonds. The van der Waals surface area contributed by atoms with Crippen molar-refractivity contribution >= 4 is 17.6 Å². The van der Waals surface area contributed by atoms with Crippen molar-refractivity contribution in [3.05, 3.63) is 12.3 Å². The topological polar surface area (TPSA) is 76.0 Å². The number of aromatic nitrogens is 2. The Morgan fingerprint density at radius 1 is 1.37 bits per heavy atom. The van der Waals surface area contributed by atoms with Gasteiger partial charge in [-0.05, 0) is 12.8 Å². The Hall–Kier alpha value is -1.85. The third-order valence-electron chi connectivity index (χ3n) is 3.38. The number of carbonyl (C=O) groups is 2. The van der Waals surface area contributed by atoms with E-state index in [0.717, 1.165) is 25.7 Å². The van der Waals surface area contributed by atoms with Crippen LogP contribution in [-0.4, -0.2) is 28.1 Å². The highest BCUT2D eigenvalue weighted by atomic mass is 16.2. The molecule has 0 spiro atoms. The van der Waals surface area contributed by atoms with Crippen molar-refractivity contribution in [3.63, 3.8) is 0 Å². The number of hydrogen-bond donors (Lipinski definition) is 2. The molecular formula is C13H20N4O2. The summed E-state index contributed by atoms with van der Waals surface area (Å²) < 4.78 is 1.61. The van der Waals surface area contributed by atoms with Gasteiger partial charge in [-0.1, -0.05) is 19.3 Å². The van der Waals surface area contributed by atoms with E-state index in [1.54, 1.807) is 24.0 Å². The number of amides is 2. The summed E-state index contributed by atoms with van der Waals surface area (Å²) in [6, 6.07) is 1.71. The molecule has 0 bridgehead atoms. The van der Waals surface area contributed by atoms with Crippen LogP contribution in [0.3, 0.4) is 0 Å². The van der Waals surface area contributed by atoms with Crippen molar-refractivity contribution in [2.75, 3.05) is 11.9 Å². The van der Waals surface area contributed by atoms with Gasteiger partial charge in [0.25, 0.3) is 0 Å². The second-order valence-electron chi connectivity index (χ2n) is 4.98. The van der Waals surface area contributed by atoms with Crippen molar-refractivity contribution in [1.29, 1.82) is 0 Å². The highest BCUT2D eigenvalue weighted by Crippen LogP contribution is 2.23. The van der Waals surface area contributed by atoms with E-state index < -0.39 is 0 Å². The fourth-order valence-corrected chi connectivity index (χ4v) is 2.35. The number of nitrogens with zero attached hydrogens (tertiary/aromatic N) is 2. The van der Waals surface area contributed by atoms with Gasteiger partial charge in [-0.2, -0.15) is 5.10 Å². The van der Waals surface area contributed by atoms with E-state index in [0.29, 0.717) is 5.82 Å². The van der Waals surface area contributed by atoms with Crippen LogP contribution in [-0.2, 0) is 16.6 Å². The van der Waals surface area contributed by atoms with Crippen molar-refractivity contribution in [1.82, 2.24) is 15.1 Å². The molecule has 1 aliphatic carbocycles. The summed E-state index contributed by atoms with van der Waals surface area (Å²) in [7, 11) is 1.78. The predicted molar refractivity (Wildman–Crippen MR) is 71.4 cm³/mol. The van der Waals surface area contributed by atoms with Gasteiger partial charge in [-0.3, -0.25) is 14.3 Å². The highest BCUT2D eigenvalue weighted by Gasteiger charge is 2.21. The summed E-state index contributed by atoms with van der Waals surface area (Å²) in [5.74, 6) is 0.328. The van der Waals surface area contributed by atoms with E-state index in [-0.39, 0.29) is 24.3 Å². The monoisotopic (exact) mass is 264 g/mol. The van der Waals surface area contributed by atoms with Crippen LogP contribution < -0.4 is 10.6 Å². The molecule has 104 valence electrons. The van der Waals surface area contributed by atoms with Crippen molar-refractivity contribution in [2.24, 2.45) is 13.0 Å². The van der Waals surface area contributed by atoms with Crippen LogP contribution in [0.25, 0.3) is 0 Å². The molecule has 1 aliphatic rings. The second kappa shape index (κ2) is 6.36. The molecule has 0 unspecified atom stereocenters. The Morgan fingerprint density at radius 3 is 2.74 bits per heavy atom. The van der Waals surface area contributed by atoms with E-state index in [2.05, 4.69) is 15.7 Å². The summed E-state index contributed by atoms with van der Waals surface area (Å²) in [4.78, 5) is 23.5. The second-order valence-corrected chi connectivity index (χ2v) is 4.98. The van der Waals surface area contributed by atoms with Gasteiger partial charge in [0.1, 0.15) is 0 Å². The zero-order valence-electron chi connectivity index (χ0n) is 11.2. The van der Waals surface area contributed by atoms with Gasteiger partial charge in [0.15, 0.2) is 5.82 Å². The Kier molecular flexibility index (Phi) is 4.54. The Bertz CT molecular complexity index is 449. The molecule has 1 fully saturated rings. The standard InChI is InChI=1S/C13H20N4O2/c1-17-8-7-11(16-17)15-12(18)9-14-13(19)10-5-3-2-4-6-10/h7-8,10H,2-6,9H2,1H3,(H,14,19)(H,15,16,18). The average Bonchev–Trinajstić information content (AvgIpc) is 2.82. The largest absolute Gasteiger partial charge is 0.347 e. The van der Waals surface area contributed by atoms with Gasteiger partial charge in [0, 0.05) is 25.2 Å². The molecular weight excluding hydrogens is 244 g/mol. The van der Waals surface area contributed by atoms with Crippen LogP contribution in [0.5, 0.6) is 0 Å². The first-order valence-electron chi connectivity index (χ1n) is 6.72. The van der Waals surface area contributed by atoms with E-state index >= 15 is 0 Å². The number of nitrogens with one attached hydrogen (secondary N) is 2. The maximum Gasteiger partial charge on any atom is 0.244 e. The molecule has 1 heterocycles. The third kappa shape index (κ3) is 4.08. The zero-order chi connectivity index (χ0) is 13.7. The number of hydrogen-bond acceptors (Lipinski definition) is 3. The smallest absolute Gasteiger partial charge is 0.244 e. The van der Waals surface area contributed by atoms with Crippen molar-refractivity contribution in [3.8, 4) is 0 Å². The van der Waals surface area contributed by atoms with E-state index in [1.165, 1.54) is 6.42 Å². The maximum absolute atomic E-state index is 11.8. The Labute approximate surface area is 112 Å². The number of rotatable bonds is 4. The van der Waals surface area contributed by atoms with Crippen LogP contribution in [0.4, 0.5) is 5.82 Å². The molecule has 0 aromatic carbocycles. The van der Waals surface area contributed by atoms with E-state index in [9.17, 15) is 9.59 Å². The van der Waals surface area contributed by atoms with Crippen molar-refractivity contribution in [2.45, 2.75) is 32.1 Å². The lowest BCUT2D eigenvalue weighted by molar-refractivity contribution is -0.128. The lowest BCUT2D eigenvalue weighted by atomic mass is 9.89. The van der Waals surface area contributed by atoms with Crippen LogP contribution in [0.1, 0.15) is 32.1 Å². The molecule has 1 aromatic rings. The molecule has 1 aromatic heterocycles. The summed E-state index contributed by atoms with van der Waals surface area (Å²) >= 11 is 0. The third-order valence-corrected chi connectivity index (χ3v) is 3.38. The van der Waals surface area contributed by atoms with Crippen LogP contribution in [0, 0.1) is 5.92 Å². The van der Waals surface area contributed by atoms with Crippen LogP contribution in [0.2, 0.25) is 0 Å². The molecule has 0 saturated heterocycles. The first kappa shape index (κ1) is 13.6. The molecule has 0 radical (unpaired) electrons. The van der Waals surface area contributed by atoms with Gasteiger partial charge in [-0.25, -0.2) is 0 Å². The van der Waals surface area contributed by atoms with Gasteiger partial charge >= 0.3 is 0 Å². The minimum absolute atomic E-state index is 0.00382. The summed E-state index contributed by atoms with van der Waals surface area (Å²) in [5.41, 5.74) is 0. The SMILES string of the molecule is Cn1ccc(NC(=O)CNC(=O)C2CCCCC2)n1. The van der Waals surface area contributed by atoms with Gasteiger partial charge in [0.05, 0.1) is 6.54 Å². The molecule has 6 nitrogen and oxygen atoms in total. The summed E-state index contributed by atoms with van der Waals surface area (Å²) in [6.45, 7) is 0.00586. The predicted octanol–water partition coefficient (Wildman–Crippen LogP) is 1.06. The van der Waals surface area contributed by atoms with Crippen LogP contribution >= 0.6 is 0 Å². The highest BCUT2D eigenvalue weighted by molar-refractivity contribution is 5.94. The van der Waals surface area contributed by atoms with Gasteiger partial charge in [-0.15, -0.1) is 0 Å². The quantitative estimate of drug-likeness (QED) is 0.853. The lowest BCUT2D eigenvalue weighted by Crippen LogP contribution is -2.37.